The molecule has 0 unspecified atom stereocenters. The average Bonchev–Trinajstić information content (AvgIpc) is 2.50. The molecule has 0 aliphatic rings. The Morgan fingerprint density at radius 2 is 1.91 bits per heavy atom. The van der Waals surface area contributed by atoms with Gasteiger partial charge in [-0.1, -0.05) is 24.3 Å². The summed E-state index contributed by atoms with van der Waals surface area (Å²) in [4.78, 5) is 0. The van der Waals surface area contributed by atoms with Crippen LogP contribution in [0.1, 0.15) is 5.56 Å². The normalized spacial score (nSPS) is 9.86. The molecule has 5 nitrogen and oxygen atoms in total. The zero-order chi connectivity index (χ0) is 15.1. The molecular weight excluding hydrogens is 481 g/mol. The summed E-state index contributed by atoms with van der Waals surface area (Å²) < 4.78 is 5.08. The van der Waals surface area contributed by atoms with Gasteiger partial charge in [0.2, 0.25) is 5.75 Å². The Balaban J connectivity index is 0.00000242. The van der Waals surface area contributed by atoms with E-state index in [0.29, 0.717) is 16.4 Å². The number of nitrogens with zero attached hydrogens (tertiary/aromatic N) is 1. The largest absolute Gasteiger partial charge is 2.00 e. The van der Waals surface area contributed by atoms with Crippen LogP contribution in [-0.4, -0.2) is 23.5 Å². The predicted molar refractivity (Wildman–Crippen MR) is 89.4 cm³/mol. The fourth-order valence-corrected chi connectivity index (χ4v) is 1.84. The van der Waals surface area contributed by atoms with Crippen molar-refractivity contribution in [3.8, 4) is 11.5 Å². The van der Waals surface area contributed by atoms with Crippen molar-refractivity contribution in [1.29, 1.82) is 0 Å². The molecule has 0 fully saturated rings. The van der Waals surface area contributed by atoms with Crippen LogP contribution in [0.25, 0.3) is 0 Å². The number of para-hydroxylation sites is 2. The van der Waals surface area contributed by atoms with Crippen LogP contribution in [0.5, 0.6) is 11.5 Å². The van der Waals surface area contributed by atoms with Gasteiger partial charge in [0.05, 0.1) is 18.9 Å². The minimum absolute atomic E-state index is 0. The second-order valence-corrected chi connectivity index (χ2v) is 4.52. The first-order valence-electron chi connectivity index (χ1n) is 6.24. The van der Waals surface area contributed by atoms with E-state index in [2.05, 4.69) is 15.8 Å². The molecule has 2 aromatic rings. The summed E-state index contributed by atoms with van der Waals surface area (Å²) in [5.74, 6) is 0.788. The molecule has 22 heavy (non-hydrogen) atoms. The van der Waals surface area contributed by atoms with Crippen molar-refractivity contribution in [2.75, 3.05) is 12.4 Å². The van der Waals surface area contributed by atoms with Gasteiger partial charge in [0.15, 0.2) is 5.11 Å². The van der Waals surface area contributed by atoms with E-state index >= 15 is 0 Å². The van der Waals surface area contributed by atoms with Gasteiger partial charge >= 0.3 is 26.8 Å². The fourth-order valence-electron chi connectivity index (χ4n) is 1.67. The van der Waals surface area contributed by atoms with Crippen LogP contribution in [-0.2, 0) is 21.1 Å². The van der Waals surface area contributed by atoms with E-state index in [1.807, 2.05) is 30.3 Å². The molecule has 2 rings (SSSR count). The van der Waals surface area contributed by atoms with E-state index in [-0.39, 0.29) is 26.8 Å². The average molecular weight is 497 g/mol. The first-order chi connectivity index (χ1) is 10.2. The van der Waals surface area contributed by atoms with Crippen LogP contribution in [0.4, 0.5) is 5.69 Å². The fraction of sp³-hybridized carbons (Fsp3) is 0.0667. The van der Waals surface area contributed by atoms with Crippen molar-refractivity contribution in [3.05, 3.63) is 54.1 Å². The van der Waals surface area contributed by atoms with Gasteiger partial charge in [-0.05, 0) is 36.5 Å². The molecule has 7 heteroatoms. The second-order valence-electron chi connectivity index (χ2n) is 4.11. The van der Waals surface area contributed by atoms with E-state index in [9.17, 15) is 0 Å². The Hall–Kier alpha value is -1.91. The van der Waals surface area contributed by atoms with Crippen molar-refractivity contribution in [2.45, 2.75) is 0 Å². The standard InChI is InChI=1S/C15H15N3O2S.Pt/c1-20-13-9-5-6-11(14(13)19)10-16-18-15(21)17-12-7-3-2-4-8-12;/h2-10,19H,1H3,(H2,17,18,21);/q;+2/p+1. The van der Waals surface area contributed by atoms with Crippen molar-refractivity contribution in [2.24, 2.45) is 5.10 Å². The molecule has 0 aliphatic heterocycles. The maximum atomic E-state index is 7.92. The molecule has 0 bridgehead atoms. The zero-order valence-corrected chi connectivity index (χ0v) is 14.9. The van der Waals surface area contributed by atoms with Gasteiger partial charge in [0, 0.05) is 5.69 Å². The molecule has 4 N–H and O–H groups in total. The third-order valence-corrected chi connectivity index (χ3v) is 2.87. The molecule has 0 radical (unpaired) electrons. The maximum absolute atomic E-state index is 7.92. The molecule has 2 aromatic carbocycles. The summed E-state index contributed by atoms with van der Waals surface area (Å²) in [5.41, 5.74) is 4.24. The van der Waals surface area contributed by atoms with Crippen molar-refractivity contribution in [1.82, 2.24) is 5.43 Å². The van der Waals surface area contributed by atoms with E-state index in [0.717, 1.165) is 5.69 Å². The Labute approximate surface area is 148 Å². The third-order valence-electron chi connectivity index (χ3n) is 2.68. The first-order valence-corrected chi connectivity index (χ1v) is 6.65. The Morgan fingerprint density at radius 3 is 2.59 bits per heavy atom. The van der Waals surface area contributed by atoms with Crippen LogP contribution in [0.15, 0.2) is 53.6 Å². The van der Waals surface area contributed by atoms with E-state index in [1.54, 1.807) is 18.2 Å². The Kier molecular flexibility index (Phi) is 7.57. The molecule has 0 aromatic heterocycles. The predicted octanol–water partition coefficient (Wildman–Crippen LogP) is 2.45. The minimum Gasteiger partial charge on any atom is -0.590 e. The molecular formula is C15H16N3O2PtS+3. The first kappa shape index (κ1) is 18.1. The van der Waals surface area contributed by atoms with Gasteiger partial charge in [0.1, 0.15) is 0 Å². The van der Waals surface area contributed by atoms with Crippen molar-refractivity contribution < 1.29 is 30.9 Å². The van der Waals surface area contributed by atoms with Gasteiger partial charge in [0.25, 0.3) is 0 Å². The summed E-state index contributed by atoms with van der Waals surface area (Å²) in [7, 11) is 1.53. The third kappa shape index (κ3) is 5.13. The maximum Gasteiger partial charge on any atom is 2.00 e. The molecule has 0 atom stereocenters. The number of hydrazone groups is 1. The van der Waals surface area contributed by atoms with Gasteiger partial charge in [-0.15, -0.1) is 0 Å². The summed E-state index contributed by atoms with van der Waals surface area (Å²) in [5, 5.41) is 15.3. The summed E-state index contributed by atoms with van der Waals surface area (Å²) in [6.45, 7) is 0. The molecule has 0 amide bonds. The van der Waals surface area contributed by atoms with Crippen LogP contribution in [0, 0.1) is 0 Å². The number of thiocarbonyl (C=S) groups is 1. The number of rotatable bonds is 4. The molecule has 116 valence electrons. The van der Waals surface area contributed by atoms with E-state index < -0.39 is 0 Å². The smallest absolute Gasteiger partial charge is 0.590 e. The van der Waals surface area contributed by atoms with Gasteiger partial charge in [-0.2, -0.15) is 5.10 Å². The quantitative estimate of drug-likeness (QED) is 0.295. The number of nitrogens with one attached hydrogen (secondary N) is 2. The number of anilines is 1. The van der Waals surface area contributed by atoms with Gasteiger partial charge < -0.3 is 15.2 Å². The molecule has 0 saturated heterocycles. The molecule has 0 saturated carbocycles. The Bertz CT molecular complexity index is 650. The number of ether oxygens (including phenoxy) is 1. The van der Waals surface area contributed by atoms with Crippen LogP contribution in [0.3, 0.4) is 0 Å². The summed E-state index contributed by atoms with van der Waals surface area (Å²) >= 11 is 5.13. The molecule has 0 spiro atoms. The molecule has 0 heterocycles. The number of benzene rings is 2. The van der Waals surface area contributed by atoms with Gasteiger partial charge in [-0.3, -0.25) is 5.43 Å². The van der Waals surface area contributed by atoms with Gasteiger partial charge in [-0.25, -0.2) is 0 Å². The SMILES string of the molecule is COc1cccc(C=NNC(=S)Nc2ccccc2)c1[OH2+].[Pt+2]. The number of hydrogen-bond donors (Lipinski definition) is 2. The van der Waals surface area contributed by atoms with Crippen LogP contribution in [0.2, 0.25) is 0 Å². The summed E-state index contributed by atoms with van der Waals surface area (Å²) in [6, 6.07) is 14.9. The van der Waals surface area contributed by atoms with Crippen molar-refractivity contribution in [3.63, 3.8) is 0 Å². The zero-order valence-electron chi connectivity index (χ0n) is 11.8. The minimum atomic E-state index is 0. The Morgan fingerprint density at radius 1 is 1.18 bits per heavy atom. The number of methoxy groups -OCH3 is 1. The second kappa shape index (κ2) is 9.18. The van der Waals surface area contributed by atoms with Crippen molar-refractivity contribution >= 4 is 29.2 Å². The monoisotopic (exact) mass is 497 g/mol. The number of hydrogen-bond acceptors (Lipinski definition) is 3. The van der Waals surface area contributed by atoms with Crippen LogP contribution >= 0.6 is 12.2 Å². The van der Waals surface area contributed by atoms with E-state index in [1.165, 1.54) is 13.3 Å². The van der Waals surface area contributed by atoms with Crippen LogP contribution < -0.4 is 15.5 Å². The topological polar surface area (TPSA) is 68.5 Å². The molecule has 0 aliphatic carbocycles. The van der Waals surface area contributed by atoms with E-state index in [4.69, 9.17) is 22.1 Å². The summed E-state index contributed by atoms with van der Waals surface area (Å²) in [6.07, 6.45) is 1.53.